The maximum absolute atomic E-state index is 13.7. The first-order chi connectivity index (χ1) is 16.3. The predicted molar refractivity (Wildman–Crippen MR) is 126 cm³/mol. The molecule has 0 bridgehead atoms. The highest BCUT2D eigenvalue weighted by molar-refractivity contribution is 7.99. The third kappa shape index (κ3) is 5.36. The lowest BCUT2D eigenvalue weighted by Gasteiger charge is -2.17. The van der Waals surface area contributed by atoms with Crippen LogP contribution in [-0.2, 0) is 10.9 Å². The van der Waals surface area contributed by atoms with Gasteiger partial charge in [0.2, 0.25) is 0 Å². The zero-order valence-electron chi connectivity index (χ0n) is 18.6. The number of benzene rings is 2. The number of hydrogen-bond acceptors (Lipinski definition) is 6. The number of pyridine rings is 1. The second-order valence-electron chi connectivity index (χ2n) is 8.05. The third-order valence-corrected chi connectivity index (χ3v) is 6.56. The Hall–Kier alpha value is -3.06. The summed E-state index contributed by atoms with van der Waals surface area (Å²) in [6, 6.07) is 19.3. The Bertz CT molecular complexity index is 1180. The van der Waals surface area contributed by atoms with Crippen LogP contribution in [0.2, 0.25) is 0 Å². The molecule has 9 heteroatoms. The van der Waals surface area contributed by atoms with E-state index in [1.165, 1.54) is 0 Å². The highest BCUT2D eigenvalue weighted by Gasteiger charge is 2.36. The Morgan fingerprint density at radius 1 is 1.15 bits per heavy atom. The molecule has 0 unspecified atom stereocenters. The van der Waals surface area contributed by atoms with Crippen LogP contribution in [0.3, 0.4) is 0 Å². The van der Waals surface area contributed by atoms with Gasteiger partial charge >= 0.3 is 6.18 Å². The third-order valence-electron chi connectivity index (χ3n) is 5.45. The Morgan fingerprint density at radius 2 is 1.85 bits per heavy atom. The standard InChI is InChI=1S/C25H23F3N4OS/c1-32(2)18-10-8-17(9-11-18)23-30-14-19(33-23)15-34-24-20(13-29)21(25(26,27)28)12-22(31-24)16-6-4-3-5-7-16/h3-12,19,23,30H,14-15H2,1-2H3/t19-,23+/m0/s1. The number of thioether (sulfide) groups is 1. The van der Waals surface area contributed by atoms with Crippen LogP contribution in [0.15, 0.2) is 65.7 Å². The highest BCUT2D eigenvalue weighted by atomic mass is 32.2. The first-order valence-electron chi connectivity index (χ1n) is 10.6. The molecule has 5 nitrogen and oxygen atoms in total. The van der Waals surface area contributed by atoms with Crippen molar-refractivity contribution in [1.29, 1.82) is 5.26 Å². The van der Waals surface area contributed by atoms with Crippen LogP contribution < -0.4 is 10.2 Å². The minimum Gasteiger partial charge on any atom is -0.378 e. The van der Waals surface area contributed by atoms with Crippen molar-refractivity contribution >= 4 is 17.4 Å². The molecule has 1 aliphatic rings. The summed E-state index contributed by atoms with van der Waals surface area (Å²) >= 11 is 1.11. The van der Waals surface area contributed by atoms with E-state index in [0.717, 1.165) is 29.1 Å². The number of alkyl halides is 3. The predicted octanol–water partition coefficient (Wildman–Crippen LogP) is 5.48. The summed E-state index contributed by atoms with van der Waals surface area (Å²) in [5.41, 5.74) is 1.34. The minimum absolute atomic E-state index is 0.0542. The van der Waals surface area contributed by atoms with E-state index in [0.29, 0.717) is 17.9 Å². The zero-order chi connectivity index (χ0) is 24.3. The molecule has 0 spiro atoms. The Morgan fingerprint density at radius 3 is 2.47 bits per heavy atom. The molecule has 1 fully saturated rings. The molecule has 2 heterocycles. The van der Waals surface area contributed by atoms with Gasteiger partial charge in [-0.1, -0.05) is 42.5 Å². The molecule has 34 heavy (non-hydrogen) atoms. The summed E-state index contributed by atoms with van der Waals surface area (Å²) in [5, 5.41) is 12.9. The number of hydrogen-bond donors (Lipinski definition) is 1. The van der Waals surface area contributed by atoms with Gasteiger partial charge in [0.15, 0.2) is 0 Å². The van der Waals surface area contributed by atoms with E-state index < -0.39 is 17.3 Å². The number of rotatable bonds is 6. The van der Waals surface area contributed by atoms with E-state index >= 15 is 0 Å². The van der Waals surface area contributed by atoms with Crippen LogP contribution in [0, 0.1) is 11.3 Å². The molecule has 176 valence electrons. The summed E-state index contributed by atoms with van der Waals surface area (Å²) in [6.45, 7) is 0.541. The first-order valence-corrected chi connectivity index (χ1v) is 11.6. The fourth-order valence-corrected chi connectivity index (χ4v) is 4.66. The molecule has 0 saturated carbocycles. The molecule has 1 N–H and O–H groups in total. The monoisotopic (exact) mass is 484 g/mol. The number of nitrogens with zero attached hydrogens (tertiary/aromatic N) is 3. The number of aromatic nitrogens is 1. The molecule has 4 rings (SSSR count). The lowest BCUT2D eigenvalue weighted by Crippen LogP contribution is -2.17. The van der Waals surface area contributed by atoms with Gasteiger partial charge in [-0.05, 0) is 23.8 Å². The van der Waals surface area contributed by atoms with E-state index in [4.69, 9.17) is 4.74 Å². The average molecular weight is 485 g/mol. The van der Waals surface area contributed by atoms with Gasteiger partial charge < -0.3 is 9.64 Å². The van der Waals surface area contributed by atoms with Gasteiger partial charge in [0.05, 0.1) is 22.9 Å². The van der Waals surface area contributed by atoms with E-state index in [1.54, 1.807) is 36.4 Å². The van der Waals surface area contributed by atoms with Crippen molar-refractivity contribution in [3.63, 3.8) is 0 Å². The average Bonchev–Trinajstić information content (AvgIpc) is 3.31. The molecule has 0 amide bonds. The van der Waals surface area contributed by atoms with E-state index in [9.17, 15) is 18.4 Å². The van der Waals surface area contributed by atoms with Crippen molar-refractivity contribution in [3.05, 3.63) is 77.4 Å². The maximum atomic E-state index is 13.7. The number of anilines is 1. The summed E-state index contributed by atoms with van der Waals surface area (Å²) < 4.78 is 47.3. The number of halogens is 3. The molecule has 1 aliphatic heterocycles. The van der Waals surface area contributed by atoms with Crippen molar-refractivity contribution in [2.24, 2.45) is 0 Å². The molecule has 3 aromatic rings. The summed E-state index contributed by atoms with van der Waals surface area (Å²) in [5.74, 6) is 0.358. The number of nitriles is 1. The maximum Gasteiger partial charge on any atom is 0.417 e. The van der Waals surface area contributed by atoms with Crippen LogP contribution >= 0.6 is 11.8 Å². The van der Waals surface area contributed by atoms with Crippen molar-refractivity contribution in [1.82, 2.24) is 10.3 Å². The van der Waals surface area contributed by atoms with E-state index in [-0.39, 0.29) is 23.1 Å². The van der Waals surface area contributed by atoms with Crippen molar-refractivity contribution < 1.29 is 17.9 Å². The Labute approximate surface area is 200 Å². The fourth-order valence-electron chi connectivity index (χ4n) is 3.66. The Kier molecular flexibility index (Phi) is 7.12. The van der Waals surface area contributed by atoms with E-state index in [1.807, 2.05) is 43.3 Å². The van der Waals surface area contributed by atoms with Crippen molar-refractivity contribution in [2.45, 2.75) is 23.5 Å². The molecule has 2 atom stereocenters. The molecule has 0 radical (unpaired) electrons. The molecule has 0 aliphatic carbocycles. The number of nitrogens with one attached hydrogen (secondary N) is 1. The zero-order valence-corrected chi connectivity index (χ0v) is 19.5. The normalized spacial score (nSPS) is 18.0. The molecular weight excluding hydrogens is 461 g/mol. The second kappa shape index (κ2) is 10.1. The van der Waals surface area contributed by atoms with Gasteiger partial charge in [-0.15, -0.1) is 11.8 Å². The number of ether oxygens (including phenoxy) is 1. The van der Waals surface area contributed by atoms with Gasteiger partial charge in [0, 0.05) is 37.6 Å². The molecule has 2 aromatic carbocycles. The van der Waals surface area contributed by atoms with Crippen LogP contribution in [0.5, 0.6) is 0 Å². The highest BCUT2D eigenvalue weighted by Crippen LogP contribution is 2.38. The van der Waals surface area contributed by atoms with Crippen LogP contribution in [-0.4, -0.2) is 37.5 Å². The summed E-state index contributed by atoms with van der Waals surface area (Å²) in [7, 11) is 3.93. The Balaban J connectivity index is 1.53. The topological polar surface area (TPSA) is 61.2 Å². The van der Waals surface area contributed by atoms with E-state index in [2.05, 4.69) is 10.3 Å². The molecule has 1 saturated heterocycles. The van der Waals surface area contributed by atoms with Gasteiger partial charge in [0.25, 0.3) is 0 Å². The van der Waals surface area contributed by atoms with Crippen LogP contribution in [0.25, 0.3) is 11.3 Å². The van der Waals surface area contributed by atoms with Gasteiger partial charge in [-0.25, -0.2) is 4.98 Å². The van der Waals surface area contributed by atoms with Gasteiger partial charge in [-0.2, -0.15) is 18.4 Å². The fraction of sp³-hybridized carbons (Fsp3) is 0.280. The van der Waals surface area contributed by atoms with Crippen molar-refractivity contribution in [2.75, 3.05) is 31.3 Å². The SMILES string of the molecule is CN(C)c1ccc([C@@H]2NC[C@@H](CSc3nc(-c4ccccc4)cc(C(F)(F)F)c3C#N)O2)cc1. The molecular formula is C25H23F3N4OS. The minimum atomic E-state index is -4.66. The largest absolute Gasteiger partial charge is 0.417 e. The second-order valence-corrected chi connectivity index (χ2v) is 9.06. The van der Waals surface area contributed by atoms with Gasteiger partial charge in [0.1, 0.15) is 17.3 Å². The van der Waals surface area contributed by atoms with Crippen LogP contribution in [0.4, 0.5) is 18.9 Å². The summed E-state index contributed by atoms with van der Waals surface area (Å²) in [4.78, 5) is 6.42. The van der Waals surface area contributed by atoms with Gasteiger partial charge in [-0.3, -0.25) is 5.32 Å². The summed E-state index contributed by atoms with van der Waals surface area (Å²) in [6.07, 6.45) is -5.21. The molecule has 1 aromatic heterocycles. The lowest BCUT2D eigenvalue weighted by atomic mass is 10.1. The smallest absolute Gasteiger partial charge is 0.378 e. The quantitative estimate of drug-likeness (QED) is 0.468. The first kappa shape index (κ1) is 24.1. The van der Waals surface area contributed by atoms with Crippen molar-refractivity contribution in [3.8, 4) is 17.3 Å². The van der Waals surface area contributed by atoms with Crippen LogP contribution in [0.1, 0.15) is 22.9 Å². The lowest BCUT2D eigenvalue weighted by molar-refractivity contribution is -0.138.